The minimum Gasteiger partial charge on any atom is -0.494 e. The fourth-order valence-electron chi connectivity index (χ4n) is 1.78. The summed E-state index contributed by atoms with van der Waals surface area (Å²) in [5, 5.41) is 3.44. The number of rotatable bonds is 6. The van der Waals surface area contributed by atoms with Gasteiger partial charge in [-0.2, -0.15) is 0 Å². The second kappa shape index (κ2) is 6.74. The van der Waals surface area contributed by atoms with Crippen LogP contribution in [0.15, 0.2) is 18.2 Å². The van der Waals surface area contributed by atoms with Gasteiger partial charge in [0.25, 0.3) is 0 Å². The van der Waals surface area contributed by atoms with E-state index >= 15 is 0 Å². The van der Waals surface area contributed by atoms with Gasteiger partial charge >= 0.3 is 0 Å². The Labute approximate surface area is 110 Å². The summed E-state index contributed by atoms with van der Waals surface area (Å²) < 4.78 is 18.3. The molecule has 3 heteroatoms. The van der Waals surface area contributed by atoms with E-state index in [0.717, 1.165) is 31.4 Å². The van der Waals surface area contributed by atoms with E-state index in [9.17, 15) is 4.39 Å². The molecule has 1 rings (SSSR count). The lowest BCUT2D eigenvalue weighted by atomic mass is 10.1. The van der Waals surface area contributed by atoms with Gasteiger partial charge in [-0.15, -0.1) is 0 Å². The van der Waals surface area contributed by atoms with Crippen molar-refractivity contribution in [3.05, 3.63) is 29.6 Å². The third-order valence-corrected chi connectivity index (χ3v) is 2.76. The summed E-state index contributed by atoms with van der Waals surface area (Å²) in [5.74, 6) is 0.0379. The summed E-state index contributed by atoms with van der Waals surface area (Å²) in [4.78, 5) is 0. The van der Waals surface area contributed by atoms with Crippen LogP contribution in [0.5, 0.6) is 5.75 Å². The second-order valence-corrected chi connectivity index (χ2v) is 5.60. The summed E-state index contributed by atoms with van der Waals surface area (Å²) in [6.45, 7) is 7.48. The van der Waals surface area contributed by atoms with Crippen LogP contribution >= 0.6 is 0 Å². The number of halogens is 1. The van der Waals surface area contributed by atoms with Crippen molar-refractivity contribution in [2.24, 2.45) is 0 Å². The average molecular weight is 253 g/mol. The first-order chi connectivity index (χ1) is 8.42. The first kappa shape index (κ1) is 15.0. The Morgan fingerprint density at radius 1 is 1.22 bits per heavy atom. The van der Waals surface area contributed by atoms with Gasteiger partial charge in [-0.05, 0) is 64.3 Å². The maximum atomic E-state index is 13.4. The first-order valence-corrected chi connectivity index (χ1v) is 6.50. The lowest BCUT2D eigenvalue weighted by molar-refractivity contribution is 0.386. The lowest BCUT2D eigenvalue weighted by Crippen LogP contribution is -2.36. The van der Waals surface area contributed by atoms with E-state index < -0.39 is 0 Å². The molecule has 1 aromatic carbocycles. The summed E-state index contributed by atoms with van der Waals surface area (Å²) in [6, 6.07) is 5.19. The molecule has 1 aromatic rings. The van der Waals surface area contributed by atoms with Gasteiger partial charge in [0.1, 0.15) is 0 Å². The van der Waals surface area contributed by atoms with Crippen LogP contribution in [0.25, 0.3) is 0 Å². The molecular formula is C15H24FNO. The first-order valence-electron chi connectivity index (χ1n) is 6.50. The van der Waals surface area contributed by atoms with E-state index in [1.54, 1.807) is 12.1 Å². The molecule has 1 N–H and O–H groups in total. The zero-order valence-corrected chi connectivity index (χ0v) is 11.8. The molecule has 0 aliphatic carbocycles. The monoisotopic (exact) mass is 253 g/mol. The Kier molecular flexibility index (Phi) is 5.60. The quantitative estimate of drug-likeness (QED) is 0.783. The number of unbranched alkanes of at least 4 members (excludes halogenated alkanes) is 1. The van der Waals surface area contributed by atoms with Crippen LogP contribution < -0.4 is 10.1 Å². The van der Waals surface area contributed by atoms with E-state index in [1.807, 2.05) is 6.07 Å². The number of hydrogen-bond acceptors (Lipinski definition) is 2. The zero-order valence-electron chi connectivity index (χ0n) is 11.8. The normalized spacial score (nSPS) is 11.6. The van der Waals surface area contributed by atoms with Gasteiger partial charge in [-0.1, -0.05) is 6.07 Å². The van der Waals surface area contributed by atoms with Gasteiger partial charge in [0.15, 0.2) is 11.6 Å². The Morgan fingerprint density at radius 3 is 2.50 bits per heavy atom. The SMILES string of the molecule is COc1ccc(CCCCNC(C)(C)C)cc1F. The molecule has 0 bridgehead atoms. The highest BCUT2D eigenvalue weighted by Gasteiger charge is 2.07. The Balaban J connectivity index is 2.29. The van der Waals surface area contributed by atoms with Crippen LogP contribution in [-0.2, 0) is 6.42 Å². The van der Waals surface area contributed by atoms with Gasteiger partial charge in [-0.3, -0.25) is 0 Å². The molecule has 0 aliphatic rings. The maximum absolute atomic E-state index is 13.4. The van der Waals surface area contributed by atoms with Crippen molar-refractivity contribution in [1.29, 1.82) is 0 Å². The molecule has 0 heterocycles. The highest BCUT2D eigenvalue weighted by molar-refractivity contribution is 5.29. The minimum absolute atomic E-state index is 0.173. The van der Waals surface area contributed by atoms with Crippen molar-refractivity contribution in [1.82, 2.24) is 5.32 Å². The molecule has 0 aliphatic heterocycles. The van der Waals surface area contributed by atoms with E-state index in [2.05, 4.69) is 26.1 Å². The molecular weight excluding hydrogens is 229 g/mol. The van der Waals surface area contributed by atoms with E-state index in [-0.39, 0.29) is 11.4 Å². The fraction of sp³-hybridized carbons (Fsp3) is 0.600. The fourth-order valence-corrected chi connectivity index (χ4v) is 1.78. The molecule has 0 radical (unpaired) electrons. The Hall–Kier alpha value is -1.09. The van der Waals surface area contributed by atoms with Gasteiger partial charge in [0.2, 0.25) is 0 Å². The number of ether oxygens (including phenoxy) is 1. The number of aryl methyl sites for hydroxylation is 1. The Bertz CT molecular complexity index is 371. The maximum Gasteiger partial charge on any atom is 0.165 e. The largest absolute Gasteiger partial charge is 0.494 e. The van der Waals surface area contributed by atoms with Crippen molar-refractivity contribution in [3.63, 3.8) is 0 Å². The van der Waals surface area contributed by atoms with Crippen LogP contribution in [0.3, 0.4) is 0 Å². The van der Waals surface area contributed by atoms with Gasteiger partial charge in [0, 0.05) is 5.54 Å². The Morgan fingerprint density at radius 2 is 1.94 bits per heavy atom. The highest BCUT2D eigenvalue weighted by atomic mass is 19.1. The van der Waals surface area contributed by atoms with Crippen LogP contribution in [0.4, 0.5) is 4.39 Å². The highest BCUT2D eigenvalue weighted by Crippen LogP contribution is 2.18. The van der Waals surface area contributed by atoms with Crippen molar-refractivity contribution >= 4 is 0 Å². The van der Waals surface area contributed by atoms with Gasteiger partial charge in [-0.25, -0.2) is 4.39 Å². The summed E-state index contributed by atoms with van der Waals surface area (Å²) >= 11 is 0. The third-order valence-electron chi connectivity index (χ3n) is 2.76. The number of hydrogen-bond donors (Lipinski definition) is 1. The van der Waals surface area contributed by atoms with Crippen molar-refractivity contribution in [3.8, 4) is 5.75 Å². The van der Waals surface area contributed by atoms with Crippen LogP contribution in [0.2, 0.25) is 0 Å². The number of nitrogens with one attached hydrogen (secondary N) is 1. The molecule has 0 spiro atoms. The standard InChI is InChI=1S/C15H24FNO/c1-15(2,3)17-10-6-5-7-12-8-9-14(18-4)13(16)11-12/h8-9,11,17H,5-7,10H2,1-4H3. The number of methoxy groups -OCH3 is 1. The lowest BCUT2D eigenvalue weighted by Gasteiger charge is -2.20. The molecule has 0 amide bonds. The predicted octanol–water partition coefficient (Wildman–Crippen LogP) is 3.55. The van der Waals surface area contributed by atoms with Crippen LogP contribution in [0, 0.1) is 5.82 Å². The van der Waals surface area contributed by atoms with Crippen LogP contribution in [-0.4, -0.2) is 19.2 Å². The van der Waals surface area contributed by atoms with E-state index in [1.165, 1.54) is 7.11 Å². The molecule has 0 saturated carbocycles. The summed E-state index contributed by atoms with van der Waals surface area (Å²) in [6.07, 6.45) is 3.08. The molecule has 0 saturated heterocycles. The van der Waals surface area contributed by atoms with Crippen molar-refractivity contribution in [2.45, 2.75) is 45.6 Å². The summed E-state index contributed by atoms with van der Waals surface area (Å²) in [7, 11) is 1.48. The second-order valence-electron chi connectivity index (χ2n) is 5.60. The minimum atomic E-state index is -0.275. The molecule has 0 aromatic heterocycles. The summed E-state index contributed by atoms with van der Waals surface area (Å²) in [5.41, 5.74) is 1.20. The predicted molar refractivity (Wildman–Crippen MR) is 73.6 cm³/mol. The number of benzene rings is 1. The van der Waals surface area contributed by atoms with E-state index in [0.29, 0.717) is 5.75 Å². The van der Waals surface area contributed by atoms with Gasteiger partial charge < -0.3 is 10.1 Å². The smallest absolute Gasteiger partial charge is 0.165 e. The van der Waals surface area contributed by atoms with Crippen molar-refractivity contribution in [2.75, 3.05) is 13.7 Å². The molecule has 2 nitrogen and oxygen atoms in total. The average Bonchev–Trinajstić information content (AvgIpc) is 2.27. The van der Waals surface area contributed by atoms with Crippen molar-refractivity contribution < 1.29 is 9.13 Å². The molecule has 102 valence electrons. The molecule has 0 fully saturated rings. The van der Waals surface area contributed by atoms with Crippen LogP contribution in [0.1, 0.15) is 39.2 Å². The van der Waals surface area contributed by atoms with Gasteiger partial charge in [0.05, 0.1) is 7.11 Å². The zero-order chi connectivity index (χ0) is 13.6. The molecule has 0 unspecified atom stereocenters. The third kappa shape index (κ3) is 5.50. The van der Waals surface area contributed by atoms with E-state index in [4.69, 9.17) is 4.74 Å². The topological polar surface area (TPSA) is 21.3 Å². The molecule has 0 atom stereocenters. The molecule has 18 heavy (non-hydrogen) atoms.